The molecule has 0 spiro atoms. The summed E-state index contributed by atoms with van der Waals surface area (Å²) in [7, 11) is 0. The Kier molecular flexibility index (Phi) is 4.40. The van der Waals surface area contributed by atoms with Crippen LogP contribution in [-0.4, -0.2) is 10.7 Å². The van der Waals surface area contributed by atoms with E-state index in [2.05, 4.69) is 22.1 Å². The first-order valence-corrected chi connectivity index (χ1v) is 8.39. The second-order valence-electron chi connectivity index (χ2n) is 6.21. The normalized spacial score (nSPS) is 13.1. The van der Waals surface area contributed by atoms with E-state index in [1.54, 1.807) is 12.3 Å². The van der Waals surface area contributed by atoms with Crippen molar-refractivity contribution < 1.29 is 8.78 Å². The van der Waals surface area contributed by atoms with Crippen LogP contribution in [0.5, 0.6) is 0 Å². The Morgan fingerprint density at radius 2 is 1.73 bits per heavy atom. The number of allylic oxidation sites excluding steroid dienone is 1. The molecule has 2 nitrogen and oxygen atoms in total. The zero-order valence-corrected chi connectivity index (χ0v) is 14.0. The van der Waals surface area contributed by atoms with E-state index < -0.39 is 11.6 Å². The highest BCUT2D eigenvalue weighted by atomic mass is 19.2. The number of hydrogen-bond donors (Lipinski definition) is 0. The molecule has 128 valence electrons. The summed E-state index contributed by atoms with van der Waals surface area (Å²) in [5.41, 5.74) is 5.82. The van der Waals surface area contributed by atoms with E-state index in [1.165, 1.54) is 17.7 Å². The predicted octanol–water partition coefficient (Wildman–Crippen LogP) is 4.97. The molecule has 0 amide bonds. The molecular formula is C22H16F2N2. The van der Waals surface area contributed by atoms with Crippen molar-refractivity contribution in [1.29, 1.82) is 0 Å². The summed E-state index contributed by atoms with van der Waals surface area (Å²) < 4.78 is 26.5. The molecule has 1 aliphatic rings. The van der Waals surface area contributed by atoms with Crippen molar-refractivity contribution >= 4 is 11.8 Å². The zero-order valence-electron chi connectivity index (χ0n) is 14.0. The Morgan fingerprint density at radius 1 is 0.885 bits per heavy atom. The lowest BCUT2D eigenvalue weighted by Crippen LogP contribution is -1.98. The molecule has 0 N–H and O–H groups in total. The third kappa shape index (κ3) is 3.45. The Labute approximate surface area is 150 Å². The van der Waals surface area contributed by atoms with Gasteiger partial charge in [-0.1, -0.05) is 24.3 Å². The standard InChI is InChI=1S/C22H16F2N2/c23-20-8-5-16(13-21(20)24)11-15-4-6-17-14-26-22(19(17)12-15)9-7-18-3-1-2-10-25-18/h1-10,12-13H,11,14H2/b9-7+. The summed E-state index contributed by atoms with van der Waals surface area (Å²) >= 11 is 0. The van der Waals surface area contributed by atoms with Crippen molar-refractivity contribution in [3.63, 3.8) is 0 Å². The van der Waals surface area contributed by atoms with Gasteiger partial charge in [0.2, 0.25) is 0 Å². The molecule has 0 unspecified atom stereocenters. The number of rotatable bonds is 4. The maximum atomic E-state index is 13.4. The van der Waals surface area contributed by atoms with Gasteiger partial charge < -0.3 is 0 Å². The first-order valence-electron chi connectivity index (χ1n) is 8.39. The highest BCUT2D eigenvalue weighted by Gasteiger charge is 2.14. The number of hydrogen-bond acceptors (Lipinski definition) is 2. The number of halogens is 2. The molecule has 0 aliphatic carbocycles. The van der Waals surface area contributed by atoms with Crippen LogP contribution in [-0.2, 0) is 13.0 Å². The van der Waals surface area contributed by atoms with Crippen LogP contribution in [0.3, 0.4) is 0 Å². The van der Waals surface area contributed by atoms with Crippen LogP contribution in [0.4, 0.5) is 8.78 Å². The van der Waals surface area contributed by atoms with E-state index in [-0.39, 0.29) is 0 Å². The van der Waals surface area contributed by atoms with Crippen LogP contribution >= 0.6 is 0 Å². The van der Waals surface area contributed by atoms with Crippen molar-refractivity contribution in [2.24, 2.45) is 4.99 Å². The third-order valence-electron chi connectivity index (χ3n) is 4.36. The first kappa shape index (κ1) is 16.3. The SMILES string of the molecule is Fc1ccc(Cc2ccc3c(c2)C(/C=C/c2ccccn2)=NC3)cc1F. The van der Waals surface area contributed by atoms with E-state index in [4.69, 9.17) is 0 Å². The van der Waals surface area contributed by atoms with Gasteiger partial charge in [-0.25, -0.2) is 8.78 Å². The Hall–Kier alpha value is -3.14. The highest BCUT2D eigenvalue weighted by Crippen LogP contribution is 2.23. The minimum Gasteiger partial charge on any atom is -0.280 e. The van der Waals surface area contributed by atoms with Gasteiger partial charge >= 0.3 is 0 Å². The highest BCUT2D eigenvalue weighted by molar-refractivity contribution is 6.13. The molecule has 0 bridgehead atoms. The largest absolute Gasteiger partial charge is 0.280 e. The molecule has 0 saturated carbocycles. The number of pyridine rings is 1. The Balaban J connectivity index is 1.57. The average molecular weight is 346 g/mol. The maximum Gasteiger partial charge on any atom is 0.159 e. The second-order valence-corrected chi connectivity index (χ2v) is 6.21. The monoisotopic (exact) mass is 346 g/mol. The lowest BCUT2D eigenvalue weighted by atomic mass is 9.98. The molecule has 1 aromatic heterocycles. The fourth-order valence-electron chi connectivity index (χ4n) is 3.03. The Bertz CT molecular complexity index is 1010. The second kappa shape index (κ2) is 7.00. The average Bonchev–Trinajstić information content (AvgIpc) is 3.06. The van der Waals surface area contributed by atoms with Crippen LogP contribution in [0.25, 0.3) is 6.08 Å². The molecule has 0 radical (unpaired) electrons. The lowest BCUT2D eigenvalue weighted by Gasteiger charge is -2.06. The topological polar surface area (TPSA) is 25.2 Å². The summed E-state index contributed by atoms with van der Waals surface area (Å²) in [6, 6.07) is 15.9. The summed E-state index contributed by atoms with van der Waals surface area (Å²) in [6.45, 7) is 0.655. The smallest absolute Gasteiger partial charge is 0.159 e. The minimum absolute atomic E-state index is 0.543. The van der Waals surface area contributed by atoms with Gasteiger partial charge in [-0.3, -0.25) is 9.98 Å². The van der Waals surface area contributed by atoms with Crippen molar-refractivity contribution in [3.05, 3.63) is 106 Å². The van der Waals surface area contributed by atoms with Gasteiger partial charge in [0, 0.05) is 11.8 Å². The fourth-order valence-corrected chi connectivity index (χ4v) is 3.03. The van der Waals surface area contributed by atoms with Gasteiger partial charge in [0.05, 0.1) is 18.0 Å². The number of aliphatic imine (C=N–C) groups is 1. The molecule has 3 aromatic rings. The molecule has 2 aromatic carbocycles. The van der Waals surface area contributed by atoms with Gasteiger partial charge in [0.25, 0.3) is 0 Å². The molecular weight excluding hydrogens is 330 g/mol. The summed E-state index contributed by atoms with van der Waals surface area (Å²) in [6.07, 6.45) is 6.21. The Morgan fingerprint density at radius 3 is 2.54 bits per heavy atom. The van der Waals surface area contributed by atoms with Crippen molar-refractivity contribution in [2.75, 3.05) is 0 Å². The van der Waals surface area contributed by atoms with E-state index in [0.29, 0.717) is 13.0 Å². The van der Waals surface area contributed by atoms with Crippen LogP contribution in [0.15, 0.2) is 71.9 Å². The number of fused-ring (bicyclic) bond motifs is 1. The molecule has 2 heterocycles. The van der Waals surface area contributed by atoms with E-state index >= 15 is 0 Å². The molecule has 1 aliphatic heterocycles. The van der Waals surface area contributed by atoms with Crippen LogP contribution in [0.1, 0.15) is 27.9 Å². The van der Waals surface area contributed by atoms with Crippen molar-refractivity contribution in [1.82, 2.24) is 4.98 Å². The van der Waals surface area contributed by atoms with Crippen LogP contribution < -0.4 is 0 Å². The molecule has 0 fully saturated rings. The van der Waals surface area contributed by atoms with Gasteiger partial charge in [-0.05, 0) is 65.6 Å². The van der Waals surface area contributed by atoms with Gasteiger partial charge in [0.15, 0.2) is 11.6 Å². The van der Waals surface area contributed by atoms with Crippen molar-refractivity contribution in [2.45, 2.75) is 13.0 Å². The maximum absolute atomic E-state index is 13.4. The van der Waals surface area contributed by atoms with E-state index in [0.717, 1.165) is 28.1 Å². The zero-order chi connectivity index (χ0) is 17.9. The lowest BCUT2D eigenvalue weighted by molar-refractivity contribution is 0.507. The van der Waals surface area contributed by atoms with Gasteiger partial charge in [-0.15, -0.1) is 0 Å². The summed E-state index contributed by atoms with van der Waals surface area (Å²) in [5.74, 6) is -1.64. The number of aromatic nitrogens is 1. The van der Waals surface area contributed by atoms with E-state index in [9.17, 15) is 8.78 Å². The number of benzene rings is 2. The van der Waals surface area contributed by atoms with Crippen LogP contribution in [0.2, 0.25) is 0 Å². The molecule has 4 rings (SSSR count). The summed E-state index contributed by atoms with van der Waals surface area (Å²) in [5, 5.41) is 0. The van der Waals surface area contributed by atoms with E-state index in [1.807, 2.05) is 36.4 Å². The fraction of sp³-hybridized carbons (Fsp3) is 0.0909. The minimum atomic E-state index is -0.822. The molecule has 0 saturated heterocycles. The van der Waals surface area contributed by atoms with Crippen molar-refractivity contribution in [3.8, 4) is 0 Å². The molecule has 4 heteroatoms. The third-order valence-corrected chi connectivity index (χ3v) is 4.36. The number of nitrogens with zero attached hydrogens (tertiary/aromatic N) is 2. The van der Waals surface area contributed by atoms with Gasteiger partial charge in [0.1, 0.15) is 0 Å². The van der Waals surface area contributed by atoms with Gasteiger partial charge in [-0.2, -0.15) is 0 Å². The first-order chi connectivity index (χ1) is 12.7. The molecule has 26 heavy (non-hydrogen) atoms. The molecule has 0 atom stereocenters. The summed E-state index contributed by atoms with van der Waals surface area (Å²) in [4.78, 5) is 8.86. The van der Waals surface area contributed by atoms with Crippen LogP contribution in [0, 0.1) is 11.6 Å². The predicted molar refractivity (Wildman–Crippen MR) is 99.1 cm³/mol. The quantitative estimate of drug-likeness (QED) is 0.655.